The molecule has 1 aromatic heterocycles. The lowest BCUT2D eigenvalue weighted by Gasteiger charge is -2.21. The van der Waals surface area contributed by atoms with Crippen LogP contribution in [0.2, 0.25) is 0 Å². The highest BCUT2D eigenvalue weighted by atomic mass is 32.2. The summed E-state index contributed by atoms with van der Waals surface area (Å²) in [6.07, 6.45) is -1.01. The molecule has 0 amide bonds. The van der Waals surface area contributed by atoms with Gasteiger partial charge in [0.05, 0.1) is 6.10 Å². The quantitative estimate of drug-likeness (QED) is 0.917. The molecule has 2 aromatic rings. The standard InChI is InChI=1S/C14H16FNO3S2/c1-10-8-11(15)5-6-12(10)13(17)9-16(2)21(18,19)14-4-3-7-20-14/h3-8,13,17H,9H2,1-2H3. The molecule has 0 aliphatic carbocycles. The number of halogens is 1. The summed E-state index contributed by atoms with van der Waals surface area (Å²) < 4.78 is 38.9. The van der Waals surface area contributed by atoms with E-state index in [1.165, 1.54) is 31.3 Å². The van der Waals surface area contributed by atoms with Crippen LogP contribution in [-0.4, -0.2) is 31.4 Å². The summed E-state index contributed by atoms with van der Waals surface area (Å²) in [6.45, 7) is 1.59. The van der Waals surface area contributed by atoms with Crippen molar-refractivity contribution in [1.29, 1.82) is 0 Å². The maximum Gasteiger partial charge on any atom is 0.252 e. The number of hydrogen-bond donors (Lipinski definition) is 1. The Morgan fingerprint density at radius 2 is 2.10 bits per heavy atom. The zero-order chi connectivity index (χ0) is 15.6. The largest absolute Gasteiger partial charge is 0.387 e. The smallest absolute Gasteiger partial charge is 0.252 e. The Balaban J connectivity index is 2.17. The molecule has 1 unspecified atom stereocenters. The van der Waals surface area contributed by atoms with Crippen LogP contribution in [0.25, 0.3) is 0 Å². The predicted molar refractivity (Wildman–Crippen MR) is 80.2 cm³/mol. The Morgan fingerprint density at radius 1 is 1.38 bits per heavy atom. The van der Waals surface area contributed by atoms with Crippen molar-refractivity contribution in [3.63, 3.8) is 0 Å². The third-order valence-electron chi connectivity index (χ3n) is 3.18. The molecule has 0 aliphatic heterocycles. The number of likely N-dealkylation sites (N-methyl/N-ethyl adjacent to an activating group) is 1. The highest BCUT2D eigenvalue weighted by Crippen LogP contribution is 2.24. The minimum Gasteiger partial charge on any atom is -0.387 e. The van der Waals surface area contributed by atoms with Crippen LogP contribution in [0.15, 0.2) is 39.9 Å². The molecule has 1 heterocycles. The summed E-state index contributed by atoms with van der Waals surface area (Å²) in [4.78, 5) is 0. The van der Waals surface area contributed by atoms with E-state index in [0.29, 0.717) is 11.1 Å². The second-order valence-electron chi connectivity index (χ2n) is 4.73. The molecular weight excluding hydrogens is 313 g/mol. The molecule has 0 aliphatic rings. The van der Waals surface area contributed by atoms with E-state index in [4.69, 9.17) is 0 Å². The van der Waals surface area contributed by atoms with Gasteiger partial charge < -0.3 is 5.11 Å². The Labute approximate surface area is 127 Å². The molecule has 114 valence electrons. The fourth-order valence-electron chi connectivity index (χ4n) is 2.02. The van der Waals surface area contributed by atoms with Gasteiger partial charge >= 0.3 is 0 Å². The van der Waals surface area contributed by atoms with Crippen LogP contribution in [0, 0.1) is 12.7 Å². The van der Waals surface area contributed by atoms with Gasteiger partial charge in [-0.1, -0.05) is 12.1 Å². The van der Waals surface area contributed by atoms with E-state index in [0.717, 1.165) is 15.6 Å². The van der Waals surface area contributed by atoms with E-state index in [1.54, 1.807) is 18.4 Å². The summed E-state index contributed by atoms with van der Waals surface area (Å²) in [6, 6.07) is 7.21. The van der Waals surface area contributed by atoms with Crippen molar-refractivity contribution in [2.24, 2.45) is 0 Å². The Kier molecular flexibility index (Phi) is 4.77. The maximum absolute atomic E-state index is 13.1. The van der Waals surface area contributed by atoms with Crippen molar-refractivity contribution in [1.82, 2.24) is 4.31 Å². The van der Waals surface area contributed by atoms with Crippen LogP contribution in [0.4, 0.5) is 4.39 Å². The molecule has 0 radical (unpaired) electrons. The first-order chi connectivity index (χ1) is 9.82. The Morgan fingerprint density at radius 3 is 2.67 bits per heavy atom. The van der Waals surface area contributed by atoms with Crippen molar-refractivity contribution < 1.29 is 17.9 Å². The fraction of sp³-hybridized carbons (Fsp3) is 0.286. The predicted octanol–water partition coefficient (Wildman–Crippen LogP) is 2.55. The van der Waals surface area contributed by atoms with Gasteiger partial charge in [-0.3, -0.25) is 0 Å². The molecule has 1 aromatic carbocycles. The average molecular weight is 329 g/mol. The van der Waals surface area contributed by atoms with Crippen LogP contribution in [0.5, 0.6) is 0 Å². The molecule has 2 rings (SSSR count). The van der Waals surface area contributed by atoms with E-state index in [-0.39, 0.29) is 16.6 Å². The third kappa shape index (κ3) is 3.49. The summed E-state index contributed by atoms with van der Waals surface area (Å²) in [5.41, 5.74) is 1.11. The van der Waals surface area contributed by atoms with Crippen LogP contribution in [0.3, 0.4) is 0 Å². The lowest BCUT2D eigenvalue weighted by molar-refractivity contribution is 0.154. The molecule has 4 nitrogen and oxygen atoms in total. The first-order valence-electron chi connectivity index (χ1n) is 6.26. The van der Waals surface area contributed by atoms with Gasteiger partial charge in [0.15, 0.2) is 0 Å². The average Bonchev–Trinajstić information content (AvgIpc) is 2.92. The van der Waals surface area contributed by atoms with Gasteiger partial charge in [0, 0.05) is 13.6 Å². The first kappa shape index (κ1) is 16.1. The van der Waals surface area contributed by atoms with E-state index < -0.39 is 16.1 Å². The number of rotatable bonds is 5. The lowest BCUT2D eigenvalue weighted by Crippen LogP contribution is -2.31. The molecule has 7 heteroatoms. The van der Waals surface area contributed by atoms with E-state index in [9.17, 15) is 17.9 Å². The van der Waals surface area contributed by atoms with E-state index in [2.05, 4.69) is 0 Å². The maximum atomic E-state index is 13.1. The number of sulfonamides is 1. The van der Waals surface area contributed by atoms with Crippen LogP contribution in [0.1, 0.15) is 17.2 Å². The van der Waals surface area contributed by atoms with Gasteiger partial charge in [-0.15, -0.1) is 11.3 Å². The van der Waals surface area contributed by atoms with Crippen molar-refractivity contribution in [3.8, 4) is 0 Å². The number of benzene rings is 1. The molecule has 0 bridgehead atoms. The minimum atomic E-state index is -3.60. The molecular formula is C14H16FNO3S2. The van der Waals surface area contributed by atoms with Crippen LogP contribution >= 0.6 is 11.3 Å². The van der Waals surface area contributed by atoms with Crippen molar-refractivity contribution in [2.75, 3.05) is 13.6 Å². The highest BCUT2D eigenvalue weighted by Gasteiger charge is 2.25. The number of nitrogens with zero attached hydrogens (tertiary/aromatic N) is 1. The monoisotopic (exact) mass is 329 g/mol. The van der Waals surface area contributed by atoms with Crippen LogP contribution in [-0.2, 0) is 10.0 Å². The number of hydrogen-bond acceptors (Lipinski definition) is 4. The van der Waals surface area contributed by atoms with E-state index in [1.807, 2.05) is 0 Å². The van der Waals surface area contributed by atoms with Crippen molar-refractivity contribution in [3.05, 3.63) is 52.7 Å². The van der Waals surface area contributed by atoms with Gasteiger partial charge in [-0.25, -0.2) is 12.8 Å². The topological polar surface area (TPSA) is 57.6 Å². The van der Waals surface area contributed by atoms with Gasteiger partial charge in [0.1, 0.15) is 10.0 Å². The number of aliphatic hydroxyl groups excluding tert-OH is 1. The summed E-state index contributed by atoms with van der Waals surface area (Å²) in [5, 5.41) is 11.9. The van der Waals surface area contributed by atoms with E-state index >= 15 is 0 Å². The summed E-state index contributed by atoms with van der Waals surface area (Å²) >= 11 is 1.13. The molecule has 21 heavy (non-hydrogen) atoms. The van der Waals surface area contributed by atoms with Crippen molar-refractivity contribution >= 4 is 21.4 Å². The zero-order valence-electron chi connectivity index (χ0n) is 11.7. The zero-order valence-corrected chi connectivity index (χ0v) is 13.3. The first-order valence-corrected chi connectivity index (χ1v) is 8.58. The highest BCUT2D eigenvalue weighted by molar-refractivity contribution is 7.91. The molecule has 1 atom stereocenters. The van der Waals surface area contributed by atoms with Gasteiger partial charge in [0.2, 0.25) is 0 Å². The molecule has 1 N–H and O–H groups in total. The lowest BCUT2D eigenvalue weighted by atomic mass is 10.0. The Bertz CT molecular complexity index is 714. The van der Waals surface area contributed by atoms with Gasteiger partial charge in [0.25, 0.3) is 10.0 Å². The van der Waals surface area contributed by atoms with Gasteiger partial charge in [-0.05, 0) is 41.6 Å². The molecule has 0 fully saturated rings. The second-order valence-corrected chi connectivity index (χ2v) is 7.95. The normalized spacial score (nSPS) is 13.6. The minimum absolute atomic E-state index is 0.0906. The SMILES string of the molecule is Cc1cc(F)ccc1C(O)CN(C)S(=O)(=O)c1cccs1. The van der Waals surface area contributed by atoms with Crippen LogP contribution < -0.4 is 0 Å². The van der Waals surface area contributed by atoms with Gasteiger partial charge in [-0.2, -0.15) is 4.31 Å². The molecule has 0 saturated carbocycles. The summed E-state index contributed by atoms with van der Waals surface area (Å²) in [7, 11) is -2.19. The molecule has 0 spiro atoms. The second kappa shape index (κ2) is 6.23. The fourth-order valence-corrected chi connectivity index (χ4v) is 4.40. The number of aliphatic hydroxyl groups is 1. The van der Waals surface area contributed by atoms with Crippen molar-refractivity contribution in [2.45, 2.75) is 17.2 Å². The third-order valence-corrected chi connectivity index (χ3v) is 6.38. The number of aryl methyl sites for hydroxylation is 1. The molecule has 0 saturated heterocycles. The Hall–Kier alpha value is -1.28. The summed E-state index contributed by atoms with van der Waals surface area (Å²) in [5.74, 6) is -0.386. The number of thiophene rings is 1.